The zero-order chi connectivity index (χ0) is 14.2. The van der Waals surface area contributed by atoms with Crippen molar-refractivity contribution in [2.45, 2.75) is 90.5 Å². The minimum atomic E-state index is 0.499. The maximum atomic E-state index is 3.90. The molecule has 0 fully saturated rings. The summed E-state index contributed by atoms with van der Waals surface area (Å²) in [6.45, 7) is 8.42. The third kappa shape index (κ3) is 14.3. The summed E-state index contributed by atoms with van der Waals surface area (Å²) in [5.74, 6) is 1.24. The van der Waals surface area contributed by atoms with Gasteiger partial charge in [-0.25, -0.2) is 0 Å². The van der Waals surface area contributed by atoms with Gasteiger partial charge in [-0.1, -0.05) is 89.7 Å². The second-order valence-corrected chi connectivity index (χ2v) is 6.36. The van der Waals surface area contributed by atoms with Gasteiger partial charge in [0.15, 0.2) is 0 Å². The van der Waals surface area contributed by atoms with Gasteiger partial charge in [-0.2, -0.15) is 0 Å². The molecule has 0 bridgehead atoms. The van der Waals surface area contributed by atoms with Crippen molar-refractivity contribution in [2.24, 2.45) is 0 Å². The molecule has 0 aromatic carbocycles. The molecule has 0 aromatic heterocycles. The number of unbranched alkanes of at least 4 members (excludes halogenated alkanes) is 8. The van der Waals surface area contributed by atoms with Gasteiger partial charge in [0.2, 0.25) is 0 Å². The topological polar surface area (TPSA) is 12.0 Å². The molecule has 0 saturated heterocycles. The third-order valence-corrected chi connectivity index (χ3v) is 4.45. The first kappa shape index (κ1) is 19.1. The first-order valence-corrected chi connectivity index (χ1v) is 9.33. The van der Waals surface area contributed by atoms with Gasteiger partial charge in [-0.15, -0.1) is 6.58 Å². The second kappa shape index (κ2) is 16.1. The lowest BCUT2D eigenvalue weighted by Crippen LogP contribution is -2.20. The molecule has 2 heteroatoms. The molecular formula is C17H35NS. The molecule has 0 saturated carbocycles. The maximum absolute atomic E-state index is 3.90. The predicted octanol–water partition coefficient (Wildman–Crippen LogP) is 6.11. The Morgan fingerprint density at radius 3 is 2.05 bits per heavy atom. The lowest BCUT2D eigenvalue weighted by atomic mass is 10.1. The van der Waals surface area contributed by atoms with Crippen molar-refractivity contribution >= 4 is 11.9 Å². The molecule has 0 aliphatic heterocycles. The van der Waals surface area contributed by atoms with Gasteiger partial charge in [0.1, 0.15) is 0 Å². The number of hydrogen-bond acceptors (Lipinski definition) is 2. The van der Waals surface area contributed by atoms with E-state index in [2.05, 4.69) is 31.2 Å². The fourth-order valence-corrected chi connectivity index (χ4v) is 3.02. The van der Waals surface area contributed by atoms with Crippen LogP contribution in [0.3, 0.4) is 0 Å². The first-order valence-electron chi connectivity index (χ1n) is 8.35. The van der Waals surface area contributed by atoms with Crippen molar-refractivity contribution in [3.8, 4) is 0 Å². The smallest absolute Gasteiger partial charge is 0.0349 e. The summed E-state index contributed by atoms with van der Waals surface area (Å²) in [5, 5.41) is 0. The molecule has 1 atom stereocenters. The molecule has 0 aliphatic rings. The zero-order valence-electron chi connectivity index (χ0n) is 13.3. The van der Waals surface area contributed by atoms with E-state index in [-0.39, 0.29) is 0 Å². The Morgan fingerprint density at radius 2 is 1.47 bits per heavy atom. The summed E-state index contributed by atoms with van der Waals surface area (Å²) < 4.78 is 3.52. The highest BCUT2D eigenvalue weighted by Crippen LogP contribution is 2.11. The van der Waals surface area contributed by atoms with Crippen LogP contribution in [0.5, 0.6) is 0 Å². The summed E-state index contributed by atoms with van der Waals surface area (Å²) in [5.41, 5.74) is 0. The van der Waals surface area contributed by atoms with Crippen LogP contribution in [0.25, 0.3) is 0 Å². The van der Waals surface area contributed by atoms with E-state index in [0.717, 1.165) is 0 Å². The summed E-state index contributed by atoms with van der Waals surface area (Å²) >= 11 is 1.89. The summed E-state index contributed by atoms with van der Waals surface area (Å²) in [6.07, 6.45) is 17.1. The summed E-state index contributed by atoms with van der Waals surface area (Å²) in [4.78, 5) is 0. The molecule has 0 amide bonds. The van der Waals surface area contributed by atoms with Crippen molar-refractivity contribution in [1.82, 2.24) is 4.72 Å². The van der Waals surface area contributed by atoms with E-state index in [9.17, 15) is 0 Å². The van der Waals surface area contributed by atoms with E-state index in [1.165, 1.54) is 76.4 Å². The molecule has 0 aliphatic carbocycles. The summed E-state index contributed by atoms with van der Waals surface area (Å²) in [6, 6.07) is 0.499. The molecule has 0 radical (unpaired) electrons. The zero-order valence-corrected chi connectivity index (χ0v) is 14.1. The Kier molecular flexibility index (Phi) is 16.1. The molecule has 1 N–H and O–H groups in total. The maximum Gasteiger partial charge on any atom is 0.0349 e. The van der Waals surface area contributed by atoms with Crippen LogP contribution in [0.2, 0.25) is 0 Å². The van der Waals surface area contributed by atoms with Crippen LogP contribution < -0.4 is 4.72 Å². The van der Waals surface area contributed by atoms with Crippen molar-refractivity contribution in [3.05, 3.63) is 12.7 Å². The highest BCUT2D eigenvalue weighted by atomic mass is 32.2. The quantitative estimate of drug-likeness (QED) is 0.221. The standard InChI is InChI=1S/C17H35NS/c1-4-7-9-10-11-12-13-14-16-19-18-17(6-3)15-8-5-2/h6,17-18H,3-5,7-16H2,1-2H3. The van der Waals surface area contributed by atoms with Gasteiger partial charge in [-0.05, 0) is 12.8 Å². The molecule has 0 spiro atoms. The lowest BCUT2D eigenvalue weighted by molar-refractivity contribution is 0.585. The molecule has 0 heterocycles. The molecule has 114 valence electrons. The second-order valence-electron chi connectivity index (χ2n) is 5.43. The van der Waals surface area contributed by atoms with E-state index >= 15 is 0 Å². The van der Waals surface area contributed by atoms with Gasteiger partial charge in [0.05, 0.1) is 0 Å². The Hall–Kier alpha value is 0.0500. The highest BCUT2D eigenvalue weighted by molar-refractivity contribution is 7.97. The van der Waals surface area contributed by atoms with Crippen LogP contribution in [0.1, 0.15) is 84.5 Å². The normalized spacial score (nSPS) is 12.5. The monoisotopic (exact) mass is 285 g/mol. The van der Waals surface area contributed by atoms with Crippen LogP contribution >= 0.6 is 11.9 Å². The van der Waals surface area contributed by atoms with Crippen LogP contribution in [0.15, 0.2) is 12.7 Å². The predicted molar refractivity (Wildman–Crippen MR) is 91.7 cm³/mol. The van der Waals surface area contributed by atoms with Gasteiger partial charge in [0.25, 0.3) is 0 Å². The SMILES string of the molecule is C=CC(CCCC)NSCCCCCCCCCC. The van der Waals surface area contributed by atoms with Gasteiger partial charge in [0, 0.05) is 11.8 Å². The van der Waals surface area contributed by atoms with Crippen LogP contribution in [0.4, 0.5) is 0 Å². The Labute approximate surface area is 126 Å². The average molecular weight is 286 g/mol. The molecule has 1 nitrogen and oxygen atoms in total. The Bertz CT molecular complexity index is 182. The largest absolute Gasteiger partial charge is 0.257 e. The van der Waals surface area contributed by atoms with Gasteiger partial charge < -0.3 is 0 Å². The third-order valence-electron chi connectivity index (χ3n) is 3.49. The van der Waals surface area contributed by atoms with Crippen molar-refractivity contribution in [2.75, 3.05) is 5.75 Å². The van der Waals surface area contributed by atoms with E-state index in [1.54, 1.807) is 0 Å². The molecule has 19 heavy (non-hydrogen) atoms. The van der Waals surface area contributed by atoms with E-state index in [0.29, 0.717) is 6.04 Å². The summed E-state index contributed by atoms with van der Waals surface area (Å²) in [7, 11) is 0. The van der Waals surface area contributed by atoms with Crippen LogP contribution in [-0.4, -0.2) is 11.8 Å². The molecular weight excluding hydrogens is 250 g/mol. The Morgan fingerprint density at radius 1 is 0.895 bits per heavy atom. The van der Waals surface area contributed by atoms with Gasteiger partial charge >= 0.3 is 0 Å². The van der Waals surface area contributed by atoms with E-state index < -0.39 is 0 Å². The molecule has 0 aromatic rings. The lowest BCUT2D eigenvalue weighted by Gasteiger charge is -2.13. The Balaban J connectivity index is 3.18. The number of nitrogens with one attached hydrogen (secondary N) is 1. The minimum Gasteiger partial charge on any atom is -0.257 e. The highest BCUT2D eigenvalue weighted by Gasteiger charge is 2.01. The molecule has 0 rings (SSSR count). The van der Waals surface area contributed by atoms with Gasteiger partial charge in [-0.3, -0.25) is 4.72 Å². The van der Waals surface area contributed by atoms with Crippen molar-refractivity contribution < 1.29 is 0 Å². The van der Waals surface area contributed by atoms with E-state index in [4.69, 9.17) is 0 Å². The van der Waals surface area contributed by atoms with E-state index in [1.807, 2.05) is 11.9 Å². The first-order chi connectivity index (χ1) is 9.35. The number of rotatable bonds is 15. The fourth-order valence-electron chi connectivity index (χ4n) is 2.12. The van der Waals surface area contributed by atoms with Crippen molar-refractivity contribution in [3.63, 3.8) is 0 Å². The van der Waals surface area contributed by atoms with Crippen molar-refractivity contribution in [1.29, 1.82) is 0 Å². The molecule has 1 unspecified atom stereocenters. The van der Waals surface area contributed by atoms with Crippen LogP contribution in [0, 0.1) is 0 Å². The fraction of sp³-hybridized carbons (Fsp3) is 0.882. The van der Waals surface area contributed by atoms with Crippen LogP contribution in [-0.2, 0) is 0 Å². The number of hydrogen-bond donors (Lipinski definition) is 1. The average Bonchev–Trinajstić information content (AvgIpc) is 2.44. The minimum absolute atomic E-state index is 0.499.